The second-order valence-corrected chi connectivity index (χ2v) is 9.00. The predicted octanol–water partition coefficient (Wildman–Crippen LogP) is 2.42. The lowest BCUT2D eigenvalue weighted by Crippen LogP contribution is -2.45. The molecule has 0 N–H and O–H groups in total. The molecule has 3 rings (SSSR count). The van der Waals surface area contributed by atoms with Crippen LogP contribution >= 0.6 is 0 Å². The molecule has 0 aliphatic carbocycles. The second kappa shape index (κ2) is 8.06. The number of sulfonamides is 1. The van der Waals surface area contributed by atoms with Gasteiger partial charge >= 0.3 is 0 Å². The van der Waals surface area contributed by atoms with E-state index in [2.05, 4.69) is 0 Å². The van der Waals surface area contributed by atoms with E-state index in [0.29, 0.717) is 43.9 Å². The Morgan fingerprint density at radius 3 is 2.62 bits per heavy atom. The molecule has 2 aliphatic rings. The zero-order chi connectivity index (χ0) is 18.7. The number of ether oxygens (including phenoxy) is 1. The number of aryl methyl sites for hydroxylation is 1. The average Bonchev–Trinajstić information content (AvgIpc) is 2.68. The van der Waals surface area contributed by atoms with Gasteiger partial charge in [-0.15, -0.1) is 0 Å². The lowest BCUT2D eigenvalue weighted by atomic mass is 10.1. The second-order valence-electron chi connectivity index (χ2n) is 7.10. The molecule has 2 aliphatic heterocycles. The van der Waals surface area contributed by atoms with Crippen molar-refractivity contribution < 1.29 is 17.9 Å². The Bertz CT molecular complexity index is 757. The summed E-state index contributed by atoms with van der Waals surface area (Å²) in [6.07, 6.45) is 3.76. The Morgan fingerprint density at radius 2 is 1.92 bits per heavy atom. The molecule has 1 aromatic rings. The van der Waals surface area contributed by atoms with Gasteiger partial charge in [0.15, 0.2) is 0 Å². The van der Waals surface area contributed by atoms with Crippen LogP contribution in [0.4, 0.5) is 0 Å². The van der Waals surface area contributed by atoms with E-state index in [1.54, 1.807) is 34.3 Å². The third kappa shape index (κ3) is 3.94. The number of carbonyl (C=O) groups excluding carboxylic acids is 1. The zero-order valence-electron chi connectivity index (χ0n) is 15.6. The number of rotatable bonds is 4. The van der Waals surface area contributed by atoms with E-state index in [0.717, 1.165) is 25.7 Å². The van der Waals surface area contributed by atoms with Gasteiger partial charge in [-0.2, -0.15) is 4.31 Å². The van der Waals surface area contributed by atoms with Crippen molar-refractivity contribution in [2.24, 2.45) is 0 Å². The molecular weight excluding hydrogens is 352 g/mol. The number of piperidine rings is 1. The number of nitrogens with zero attached hydrogens (tertiary/aromatic N) is 2. The van der Waals surface area contributed by atoms with E-state index in [-0.39, 0.29) is 16.9 Å². The molecule has 1 aromatic carbocycles. The third-order valence-electron chi connectivity index (χ3n) is 5.25. The van der Waals surface area contributed by atoms with E-state index in [1.165, 1.54) is 0 Å². The third-order valence-corrected chi connectivity index (χ3v) is 7.29. The van der Waals surface area contributed by atoms with Crippen molar-refractivity contribution in [1.29, 1.82) is 0 Å². The highest BCUT2D eigenvalue weighted by Gasteiger charge is 2.29. The van der Waals surface area contributed by atoms with E-state index in [1.807, 2.05) is 6.92 Å². The number of carbonyl (C=O) groups is 1. The number of hydrogen-bond donors (Lipinski definition) is 0. The Morgan fingerprint density at radius 1 is 1.19 bits per heavy atom. The first-order valence-corrected chi connectivity index (χ1v) is 10.9. The molecule has 0 bridgehead atoms. The number of benzene rings is 1. The van der Waals surface area contributed by atoms with Gasteiger partial charge in [-0.05, 0) is 43.9 Å². The van der Waals surface area contributed by atoms with Crippen molar-refractivity contribution in [1.82, 2.24) is 9.21 Å². The minimum atomic E-state index is -3.56. The molecule has 6 nitrogen and oxygen atoms in total. The van der Waals surface area contributed by atoms with Crippen LogP contribution in [0, 0.1) is 6.92 Å². The quantitative estimate of drug-likeness (QED) is 0.805. The van der Waals surface area contributed by atoms with Crippen molar-refractivity contribution >= 4 is 15.9 Å². The summed E-state index contributed by atoms with van der Waals surface area (Å²) in [6.45, 7) is 6.55. The van der Waals surface area contributed by atoms with Crippen LogP contribution < -0.4 is 0 Å². The van der Waals surface area contributed by atoms with Gasteiger partial charge < -0.3 is 9.64 Å². The maximum atomic E-state index is 13.0. The molecule has 2 saturated heterocycles. The summed E-state index contributed by atoms with van der Waals surface area (Å²) < 4.78 is 33.3. The Balaban J connectivity index is 1.86. The molecule has 144 valence electrons. The minimum absolute atomic E-state index is 0.0506. The highest BCUT2D eigenvalue weighted by molar-refractivity contribution is 7.89. The van der Waals surface area contributed by atoms with Crippen molar-refractivity contribution in [2.45, 2.75) is 50.5 Å². The van der Waals surface area contributed by atoms with Crippen LogP contribution in [0.1, 0.15) is 48.5 Å². The van der Waals surface area contributed by atoms with Gasteiger partial charge in [0.25, 0.3) is 5.91 Å². The van der Waals surface area contributed by atoms with Crippen LogP contribution in [0.2, 0.25) is 0 Å². The molecule has 0 aromatic heterocycles. The average molecular weight is 381 g/mol. The van der Waals surface area contributed by atoms with Crippen LogP contribution in [0.25, 0.3) is 0 Å². The molecule has 7 heteroatoms. The van der Waals surface area contributed by atoms with Gasteiger partial charge in [-0.3, -0.25) is 4.79 Å². The van der Waals surface area contributed by atoms with E-state index in [9.17, 15) is 13.2 Å². The molecule has 1 atom stereocenters. The van der Waals surface area contributed by atoms with Gasteiger partial charge in [0, 0.05) is 31.7 Å². The van der Waals surface area contributed by atoms with Gasteiger partial charge in [0.1, 0.15) is 0 Å². The molecule has 0 radical (unpaired) electrons. The monoisotopic (exact) mass is 380 g/mol. The van der Waals surface area contributed by atoms with Crippen molar-refractivity contribution in [2.75, 3.05) is 32.8 Å². The highest BCUT2D eigenvalue weighted by Crippen LogP contribution is 2.25. The number of morpholine rings is 1. The largest absolute Gasteiger partial charge is 0.375 e. The molecule has 1 amide bonds. The predicted molar refractivity (Wildman–Crippen MR) is 99.7 cm³/mol. The topological polar surface area (TPSA) is 66.9 Å². The normalized spacial score (nSPS) is 22.4. The molecule has 26 heavy (non-hydrogen) atoms. The summed E-state index contributed by atoms with van der Waals surface area (Å²) in [5.41, 5.74) is 1.11. The SMILES string of the molecule is CCC1CN(C(=O)c2ccc(C)c(S(=O)(=O)N3CCCCC3)c2)CCO1. The van der Waals surface area contributed by atoms with Crippen molar-refractivity contribution in [3.63, 3.8) is 0 Å². The van der Waals surface area contributed by atoms with Crippen molar-refractivity contribution in [3.8, 4) is 0 Å². The Hall–Kier alpha value is -1.44. The maximum Gasteiger partial charge on any atom is 0.254 e. The first-order chi connectivity index (χ1) is 12.4. The number of amides is 1. The lowest BCUT2D eigenvalue weighted by molar-refractivity contribution is -0.0226. The van der Waals surface area contributed by atoms with E-state index < -0.39 is 10.0 Å². The summed E-state index contributed by atoms with van der Waals surface area (Å²) >= 11 is 0. The molecule has 0 spiro atoms. The first-order valence-electron chi connectivity index (χ1n) is 9.45. The fourth-order valence-corrected chi connectivity index (χ4v) is 5.36. The molecule has 2 heterocycles. The van der Waals surface area contributed by atoms with E-state index in [4.69, 9.17) is 4.74 Å². The summed E-state index contributed by atoms with van der Waals surface area (Å²) in [6, 6.07) is 5.02. The Kier molecular flexibility index (Phi) is 5.99. The van der Waals surface area contributed by atoms with Crippen LogP contribution in [0.5, 0.6) is 0 Å². The zero-order valence-corrected chi connectivity index (χ0v) is 16.4. The Labute approximate surface area is 156 Å². The van der Waals surface area contributed by atoms with Crippen LogP contribution in [-0.4, -0.2) is 62.4 Å². The standard InChI is InChI=1S/C19H28N2O4S/c1-3-17-14-20(11-12-25-17)19(22)16-8-7-15(2)18(13-16)26(23,24)21-9-5-4-6-10-21/h7-8,13,17H,3-6,9-12,14H2,1-2H3. The first kappa shape index (κ1) is 19.3. The van der Waals surface area contributed by atoms with Crippen LogP contribution in [0.15, 0.2) is 23.1 Å². The van der Waals surface area contributed by atoms with Gasteiger partial charge in [-0.25, -0.2) is 8.42 Å². The van der Waals surface area contributed by atoms with Gasteiger partial charge in [-0.1, -0.05) is 19.4 Å². The van der Waals surface area contributed by atoms with Crippen molar-refractivity contribution in [3.05, 3.63) is 29.3 Å². The lowest BCUT2D eigenvalue weighted by Gasteiger charge is -2.32. The summed E-state index contributed by atoms with van der Waals surface area (Å²) in [5, 5.41) is 0. The minimum Gasteiger partial charge on any atom is -0.375 e. The molecule has 1 unspecified atom stereocenters. The molecule has 2 fully saturated rings. The smallest absolute Gasteiger partial charge is 0.254 e. The molecule has 0 saturated carbocycles. The fourth-order valence-electron chi connectivity index (χ4n) is 3.59. The summed E-state index contributed by atoms with van der Waals surface area (Å²) in [4.78, 5) is 14.9. The number of hydrogen-bond acceptors (Lipinski definition) is 4. The maximum absolute atomic E-state index is 13.0. The summed E-state index contributed by atoms with van der Waals surface area (Å²) in [5.74, 6) is -0.123. The van der Waals surface area contributed by atoms with Gasteiger partial charge in [0.2, 0.25) is 10.0 Å². The summed E-state index contributed by atoms with van der Waals surface area (Å²) in [7, 11) is -3.56. The van der Waals surface area contributed by atoms with Crippen LogP contribution in [0.3, 0.4) is 0 Å². The van der Waals surface area contributed by atoms with E-state index >= 15 is 0 Å². The molecular formula is C19H28N2O4S. The van der Waals surface area contributed by atoms with Gasteiger partial charge in [0.05, 0.1) is 17.6 Å². The highest BCUT2D eigenvalue weighted by atomic mass is 32.2. The van der Waals surface area contributed by atoms with Crippen LogP contribution in [-0.2, 0) is 14.8 Å². The fraction of sp³-hybridized carbons (Fsp3) is 0.632.